The van der Waals surface area contributed by atoms with Crippen molar-refractivity contribution in [2.45, 2.75) is 30.5 Å². The average molecular weight is 380 g/mol. The second-order valence-electron chi connectivity index (χ2n) is 6.01. The maximum atomic E-state index is 12.3. The number of nitrogens with one attached hydrogen (secondary N) is 1. The third kappa shape index (κ3) is 3.88. The van der Waals surface area contributed by atoms with Gasteiger partial charge in [0, 0.05) is 37.0 Å². The van der Waals surface area contributed by atoms with E-state index < -0.39 is 0 Å². The molecule has 0 atom stereocenters. The Morgan fingerprint density at radius 3 is 2.84 bits per heavy atom. The second-order valence-corrected chi connectivity index (χ2v) is 7.36. The van der Waals surface area contributed by atoms with Crippen molar-refractivity contribution >= 4 is 35.0 Å². The summed E-state index contributed by atoms with van der Waals surface area (Å²) in [6.45, 7) is 1.18. The number of ether oxygens (including phenoxy) is 2. The number of thioether (sulfide) groups is 1. The van der Waals surface area contributed by atoms with E-state index in [1.807, 2.05) is 6.20 Å². The van der Waals surface area contributed by atoms with Gasteiger partial charge >= 0.3 is 0 Å². The van der Waals surface area contributed by atoms with E-state index in [9.17, 15) is 4.79 Å². The van der Waals surface area contributed by atoms with E-state index in [2.05, 4.69) is 14.9 Å². The number of benzene rings is 1. The molecule has 1 aliphatic heterocycles. The summed E-state index contributed by atoms with van der Waals surface area (Å²) in [7, 11) is 0. The van der Waals surface area contributed by atoms with E-state index >= 15 is 0 Å². The fourth-order valence-corrected chi connectivity index (χ4v) is 3.67. The van der Waals surface area contributed by atoms with Crippen LogP contribution in [0.25, 0.3) is 0 Å². The molecule has 0 unspecified atom stereocenters. The zero-order valence-electron chi connectivity index (χ0n) is 13.5. The van der Waals surface area contributed by atoms with Crippen molar-refractivity contribution in [1.29, 1.82) is 0 Å². The Kier molecular flexibility index (Phi) is 4.76. The Morgan fingerprint density at radius 1 is 1.32 bits per heavy atom. The van der Waals surface area contributed by atoms with Crippen molar-refractivity contribution < 1.29 is 14.3 Å². The number of imidazole rings is 1. The van der Waals surface area contributed by atoms with E-state index in [1.165, 1.54) is 24.6 Å². The molecule has 0 saturated heterocycles. The smallest absolute Gasteiger partial charge is 0.234 e. The lowest BCUT2D eigenvalue weighted by atomic mass is 10.2. The van der Waals surface area contributed by atoms with E-state index in [4.69, 9.17) is 21.1 Å². The molecule has 8 heteroatoms. The van der Waals surface area contributed by atoms with Crippen LogP contribution in [0, 0.1) is 0 Å². The summed E-state index contributed by atoms with van der Waals surface area (Å²) in [6.07, 6.45) is 6.93. The Labute approximate surface area is 154 Å². The average Bonchev–Trinajstić information content (AvgIpc) is 3.37. The lowest BCUT2D eigenvalue weighted by Gasteiger charge is -2.12. The molecule has 2 heterocycles. The number of fused-ring (bicyclic) bond motifs is 1. The Morgan fingerprint density at radius 2 is 2.08 bits per heavy atom. The number of hydrogen-bond acceptors (Lipinski definition) is 5. The van der Waals surface area contributed by atoms with Gasteiger partial charge in [0.25, 0.3) is 0 Å². The van der Waals surface area contributed by atoms with E-state index in [1.54, 1.807) is 18.3 Å². The SMILES string of the molecule is O=C(CSc1nccn1C1CC1)Nc1cc2c(cc1Cl)OCCCO2. The van der Waals surface area contributed by atoms with Gasteiger partial charge in [0.15, 0.2) is 16.7 Å². The van der Waals surface area contributed by atoms with Crippen LogP contribution >= 0.6 is 23.4 Å². The molecule has 6 nitrogen and oxygen atoms in total. The molecule has 0 radical (unpaired) electrons. The normalized spacial score (nSPS) is 16.4. The second kappa shape index (κ2) is 7.17. The van der Waals surface area contributed by atoms with Crippen LogP contribution in [-0.2, 0) is 4.79 Å². The van der Waals surface area contributed by atoms with Gasteiger partial charge in [-0.2, -0.15) is 0 Å². The lowest BCUT2D eigenvalue weighted by molar-refractivity contribution is -0.113. The first-order valence-corrected chi connectivity index (χ1v) is 9.61. The minimum absolute atomic E-state index is 0.133. The molecule has 4 rings (SSSR count). The van der Waals surface area contributed by atoms with Gasteiger partial charge < -0.3 is 19.4 Å². The summed E-state index contributed by atoms with van der Waals surface area (Å²) in [5, 5.41) is 4.15. The number of aromatic nitrogens is 2. The van der Waals surface area contributed by atoms with Gasteiger partial charge in [-0.05, 0) is 12.8 Å². The minimum Gasteiger partial charge on any atom is -0.490 e. The molecular weight excluding hydrogens is 362 g/mol. The van der Waals surface area contributed by atoms with E-state index in [0.29, 0.717) is 41.5 Å². The zero-order chi connectivity index (χ0) is 17.2. The molecule has 1 fully saturated rings. The molecule has 1 saturated carbocycles. The molecule has 0 spiro atoms. The highest BCUT2D eigenvalue weighted by atomic mass is 35.5. The first-order valence-electron chi connectivity index (χ1n) is 8.25. The summed E-state index contributed by atoms with van der Waals surface area (Å²) < 4.78 is 13.4. The van der Waals surface area contributed by atoms with Crippen molar-refractivity contribution in [3.8, 4) is 11.5 Å². The van der Waals surface area contributed by atoms with Gasteiger partial charge in [-0.25, -0.2) is 4.98 Å². The highest BCUT2D eigenvalue weighted by Gasteiger charge is 2.25. The number of hydrogen-bond donors (Lipinski definition) is 1. The quantitative estimate of drug-likeness (QED) is 0.801. The van der Waals surface area contributed by atoms with Crippen LogP contribution in [-0.4, -0.2) is 34.4 Å². The molecule has 1 amide bonds. The minimum atomic E-state index is -0.133. The summed E-state index contributed by atoms with van der Waals surface area (Å²) in [4.78, 5) is 16.6. The summed E-state index contributed by atoms with van der Waals surface area (Å²) >= 11 is 7.69. The standard InChI is InChI=1S/C17H18ClN3O3S/c18-12-8-14-15(24-7-1-6-23-14)9-13(12)20-16(22)10-25-17-19-4-5-21(17)11-2-3-11/h4-5,8-9,11H,1-3,6-7,10H2,(H,20,22). The van der Waals surface area contributed by atoms with Gasteiger partial charge in [-0.15, -0.1) is 0 Å². The van der Waals surface area contributed by atoms with Gasteiger partial charge in [0.05, 0.1) is 29.7 Å². The van der Waals surface area contributed by atoms with Crippen molar-refractivity contribution in [3.63, 3.8) is 0 Å². The highest BCUT2D eigenvalue weighted by molar-refractivity contribution is 7.99. The van der Waals surface area contributed by atoms with Crippen LogP contribution in [0.5, 0.6) is 11.5 Å². The molecule has 132 valence electrons. The maximum Gasteiger partial charge on any atom is 0.234 e. The summed E-state index contributed by atoms with van der Waals surface area (Å²) in [6, 6.07) is 3.95. The van der Waals surface area contributed by atoms with Gasteiger partial charge in [-0.1, -0.05) is 23.4 Å². The topological polar surface area (TPSA) is 65.4 Å². The number of halogens is 1. The van der Waals surface area contributed by atoms with E-state index in [0.717, 1.165) is 11.6 Å². The van der Waals surface area contributed by atoms with Gasteiger partial charge in [-0.3, -0.25) is 4.79 Å². The first-order chi connectivity index (χ1) is 12.2. The monoisotopic (exact) mass is 379 g/mol. The summed E-state index contributed by atoms with van der Waals surface area (Å²) in [5.74, 6) is 1.36. The number of carbonyl (C=O) groups is 1. The number of amides is 1. The molecule has 25 heavy (non-hydrogen) atoms. The predicted octanol–water partition coefficient (Wildman–Crippen LogP) is 3.76. The summed E-state index contributed by atoms with van der Waals surface area (Å²) in [5.41, 5.74) is 0.530. The van der Waals surface area contributed by atoms with Crippen LogP contribution < -0.4 is 14.8 Å². The maximum absolute atomic E-state index is 12.3. The van der Waals surface area contributed by atoms with Gasteiger partial charge in [0.2, 0.25) is 5.91 Å². The fourth-order valence-electron chi connectivity index (χ4n) is 2.64. The van der Waals surface area contributed by atoms with E-state index in [-0.39, 0.29) is 11.7 Å². The molecular formula is C17H18ClN3O3S. The molecule has 1 aromatic carbocycles. The van der Waals surface area contributed by atoms with Crippen molar-refractivity contribution in [3.05, 3.63) is 29.5 Å². The van der Waals surface area contributed by atoms with Crippen molar-refractivity contribution in [2.24, 2.45) is 0 Å². The van der Waals surface area contributed by atoms with Crippen LogP contribution in [0.3, 0.4) is 0 Å². The number of carbonyl (C=O) groups excluding carboxylic acids is 1. The largest absolute Gasteiger partial charge is 0.490 e. The molecule has 1 N–H and O–H groups in total. The molecule has 2 aromatic rings. The zero-order valence-corrected chi connectivity index (χ0v) is 15.1. The van der Waals surface area contributed by atoms with Gasteiger partial charge in [0.1, 0.15) is 0 Å². The number of nitrogens with zero attached hydrogens (tertiary/aromatic N) is 2. The Bertz CT molecular complexity index is 791. The van der Waals surface area contributed by atoms with Crippen molar-refractivity contribution in [1.82, 2.24) is 9.55 Å². The predicted molar refractivity (Wildman–Crippen MR) is 96.9 cm³/mol. The Balaban J connectivity index is 1.40. The Hall–Kier alpha value is -1.86. The first kappa shape index (κ1) is 16.6. The van der Waals surface area contributed by atoms with Crippen LogP contribution in [0.1, 0.15) is 25.3 Å². The molecule has 1 aromatic heterocycles. The molecule has 1 aliphatic carbocycles. The van der Waals surface area contributed by atoms with Crippen LogP contribution in [0.4, 0.5) is 5.69 Å². The number of anilines is 1. The fraction of sp³-hybridized carbons (Fsp3) is 0.412. The van der Waals surface area contributed by atoms with Crippen molar-refractivity contribution in [2.75, 3.05) is 24.3 Å². The van der Waals surface area contributed by atoms with Crippen LogP contribution in [0.15, 0.2) is 29.7 Å². The third-order valence-electron chi connectivity index (χ3n) is 4.02. The molecule has 2 aliphatic rings. The third-order valence-corrected chi connectivity index (χ3v) is 5.31. The van der Waals surface area contributed by atoms with Crippen LogP contribution in [0.2, 0.25) is 5.02 Å². The number of rotatable bonds is 5. The molecule has 0 bridgehead atoms. The lowest BCUT2D eigenvalue weighted by Crippen LogP contribution is -2.15. The highest BCUT2D eigenvalue weighted by Crippen LogP contribution is 2.39.